The molecule has 0 aliphatic rings. The highest BCUT2D eigenvalue weighted by molar-refractivity contribution is 8.93. The number of nitrogens with one attached hydrogen (secondary N) is 1. The fourth-order valence-corrected chi connectivity index (χ4v) is 0.722. The van der Waals surface area contributed by atoms with E-state index in [0.717, 1.165) is 0 Å². The Labute approximate surface area is 94.0 Å². The largest absolute Gasteiger partial charge is 0.320 e. The lowest BCUT2D eigenvalue weighted by Crippen LogP contribution is -2.44. The Bertz CT molecular complexity index is 121. The molecule has 0 saturated heterocycles. The lowest BCUT2D eigenvalue weighted by Gasteiger charge is -2.11. The maximum absolute atomic E-state index is 10.7. The van der Waals surface area contributed by atoms with Gasteiger partial charge in [0, 0.05) is 0 Å². The van der Waals surface area contributed by atoms with Crippen LogP contribution in [0, 0.1) is 5.92 Å². The second-order valence-electron chi connectivity index (χ2n) is 2.74. The molecule has 0 aliphatic carbocycles. The summed E-state index contributed by atoms with van der Waals surface area (Å²) in [5.41, 5.74) is 7.44. The van der Waals surface area contributed by atoms with Gasteiger partial charge < -0.3 is 5.73 Å². The Morgan fingerprint density at radius 1 is 1.42 bits per heavy atom. The lowest BCUT2D eigenvalue weighted by molar-refractivity contribution is -0.122. The van der Waals surface area contributed by atoms with Gasteiger partial charge in [0.25, 0.3) is 5.91 Å². The van der Waals surface area contributed by atoms with Gasteiger partial charge in [-0.2, -0.15) is 0 Å². The number of carbonyl (C=O) groups excluding carboxylic acids is 1. The molecule has 6 heteroatoms. The predicted octanol–water partition coefficient (Wildman–Crippen LogP) is 0.505. The summed E-state index contributed by atoms with van der Waals surface area (Å²) in [6.07, 6.45) is 0.670. The van der Waals surface area contributed by atoms with Crippen LogP contribution in [0.5, 0.6) is 0 Å². The Morgan fingerprint density at radius 3 is 2.08 bits per heavy atom. The van der Waals surface area contributed by atoms with Crippen LogP contribution in [0.25, 0.3) is 0 Å². The minimum absolute atomic E-state index is 0. The van der Waals surface area contributed by atoms with Crippen molar-refractivity contribution in [3.63, 3.8) is 0 Å². The van der Waals surface area contributed by atoms with E-state index in [-0.39, 0.29) is 39.9 Å². The van der Waals surface area contributed by atoms with Crippen LogP contribution in [-0.4, -0.2) is 11.9 Å². The Morgan fingerprint density at radius 2 is 1.83 bits per heavy atom. The van der Waals surface area contributed by atoms with Crippen LogP contribution >= 0.6 is 34.0 Å². The monoisotopic (exact) mass is 305 g/mol. The molecule has 5 N–H and O–H groups in total. The summed E-state index contributed by atoms with van der Waals surface area (Å²) in [4.78, 5) is 10.7. The molecule has 0 unspecified atom stereocenters. The lowest BCUT2D eigenvalue weighted by atomic mass is 10.0. The van der Waals surface area contributed by atoms with Crippen LogP contribution in [0.3, 0.4) is 0 Å². The number of rotatable bonds is 3. The highest BCUT2D eigenvalue weighted by Crippen LogP contribution is 2.01. The zero-order chi connectivity index (χ0) is 8.15. The van der Waals surface area contributed by atoms with Gasteiger partial charge in [0.15, 0.2) is 0 Å². The molecule has 0 aliphatic heterocycles. The molecule has 0 radical (unpaired) electrons. The maximum Gasteiger partial charge on any atom is 0.250 e. The van der Waals surface area contributed by atoms with Crippen molar-refractivity contribution in [1.82, 2.24) is 5.43 Å². The second kappa shape index (κ2) is 9.44. The van der Waals surface area contributed by atoms with Crippen molar-refractivity contribution in [1.29, 1.82) is 0 Å². The topological polar surface area (TPSA) is 81.1 Å². The van der Waals surface area contributed by atoms with Crippen LogP contribution in [-0.2, 0) is 4.79 Å². The van der Waals surface area contributed by atoms with E-state index in [9.17, 15) is 4.79 Å². The number of amides is 1. The van der Waals surface area contributed by atoms with Crippen molar-refractivity contribution < 1.29 is 4.79 Å². The van der Waals surface area contributed by atoms with Gasteiger partial charge in [-0.1, -0.05) is 13.8 Å². The van der Waals surface area contributed by atoms with E-state index in [1.165, 1.54) is 0 Å². The molecule has 0 aromatic heterocycles. The highest BCUT2D eigenvalue weighted by Gasteiger charge is 2.12. The van der Waals surface area contributed by atoms with Crippen molar-refractivity contribution in [2.45, 2.75) is 26.3 Å². The smallest absolute Gasteiger partial charge is 0.250 e. The van der Waals surface area contributed by atoms with Crippen molar-refractivity contribution in [3.05, 3.63) is 0 Å². The zero-order valence-electron chi connectivity index (χ0n) is 7.24. The predicted molar refractivity (Wildman–Crippen MR) is 60.4 cm³/mol. The van der Waals surface area contributed by atoms with Crippen molar-refractivity contribution in [2.24, 2.45) is 17.5 Å². The number of nitrogens with two attached hydrogens (primary N) is 2. The van der Waals surface area contributed by atoms with Crippen LogP contribution < -0.4 is 17.0 Å². The Balaban J connectivity index is -0.000000405. The summed E-state index contributed by atoms with van der Waals surface area (Å²) >= 11 is 0. The first kappa shape index (κ1) is 18.2. The Kier molecular flexibility index (Phi) is 14.3. The van der Waals surface area contributed by atoms with Gasteiger partial charge in [0.1, 0.15) is 0 Å². The van der Waals surface area contributed by atoms with Gasteiger partial charge in [0.05, 0.1) is 6.04 Å². The molecule has 12 heavy (non-hydrogen) atoms. The standard InChI is InChI=1S/C6H15N3O.2BrH/c1-4(2)3-5(7)6(10)9-8;;/h4-5H,3,7-8H2,1-2H3,(H,9,10);2*1H/t5-;;/m0../s1. The fourth-order valence-electron chi connectivity index (χ4n) is 0.722. The molecule has 0 spiro atoms. The minimum Gasteiger partial charge on any atom is -0.320 e. The molecular formula is C6H17Br2N3O. The highest BCUT2D eigenvalue weighted by atomic mass is 79.9. The molecule has 0 rings (SSSR count). The first-order valence-electron chi connectivity index (χ1n) is 3.34. The zero-order valence-corrected chi connectivity index (χ0v) is 10.7. The van der Waals surface area contributed by atoms with Crippen molar-refractivity contribution in [3.8, 4) is 0 Å². The molecule has 0 fully saturated rings. The van der Waals surface area contributed by atoms with Gasteiger partial charge in [-0.05, 0) is 12.3 Å². The Hall–Kier alpha value is 0.350. The van der Waals surface area contributed by atoms with Crippen LogP contribution in [0.1, 0.15) is 20.3 Å². The molecule has 1 atom stereocenters. The fraction of sp³-hybridized carbons (Fsp3) is 0.833. The molecule has 0 aromatic carbocycles. The molecule has 0 heterocycles. The van der Waals surface area contributed by atoms with E-state index in [0.29, 0.717) is 12.3 Å². The number of hydrogen-bond donors (Lipinski definition) is 3. The molecule has 1 amide bonds. The summed E-state index contributed by atoms with van der Waals surface area (Å²) < 4.78 is 0. The van der Waals surface area contributed by atoms with Crippen molar-refractivity contribution >= 4 is 39.9 Å². The number of hydrazine groups is 1. The average Bonchev–Trinajstić information content (AvgIpc) is 1.85. The summed E-state index contributed by atoms with van der Waals surface area (Å²) in [6, 6.07) is -0.468. The third-order valence-corrected chi connectivity index (χ3v) is 1.20. The first-order valence-corrected chi connectivity index (χ1v) is 3.34. The van der Waals surface area contributed by atoms with Crippen molar-refractivity contribution in [2.75, 3.05) is 0 Å². The minimum atomic E-state index is -0.468. The molecular weight excluding hydrogens is 290 g/mol. The van der Waals surface area contributed by atoms with E-state index in [1.807, 2.05) is 19.3 Å². The van der Waals surface area contributed by atoms with Crippen LogP contribution in [0.2, 0.25) is 0 Å². The van der Waals surface area contributed by atoms with Gasteiger partial charge in [0.2, 0.25) is 0 Å². The number of hydrogen-bond acceptors (Lipinski definition) is 3. The first-order chi connectivity index (χ1) is 4.57. The maximum atomic E-state index is 10.7. The van der Waals surface area contributed by atoms with E-state index in [4.69, 9.17) is 11.6 Å². The van der Waals surface area contributed by atoms with Gasteiger partial charge in [-0.25, -0.2) is 5.84 Å². The molecule has 0 bridgehead atoms. The number of halogens is 2. The van der Waals surface area contributed by atoms with E-state index >= 15 is 0 Å². The van der Waals surface area contributed by atoms with Gasteiger partial charge in [-0.15, -0.1) is 34.0 Å². The SMILES string of the molecule is Br.Br.CC(C)C[C@H](N)C(=O)NN. The summed E-state index contributed by atoms with van der Waals surface area (Å²) in [5, 5.41) is 0. The third kappa shape index (κ3) is 8.45. The normalized spacial score (nSPS) is 11.1. The van der Waals surface area contributed by atoms with E-state index < -0.39 is 6.04 Å². The van der Waals surface area contributed by atoms with Gasteiger partial charge in [-0.3, -0.25) is 10.2 Å². The molecule has 4 nitrogen and oxygen atoms in total. The molecule has 0 aromatic rings. The van der Waals surface area contributed by atoms with Crippen LogP contribution in [0.4, 0.5) is 0 Å². The summed E-state index contributed by atoms with van der Waals surface area (Å²) in [5.74, 6) is 5.00. The number of carbonyl (C=O) groups is 1. The molecule has 76 valence electrons. The quantitative estimate of drug-likeness (QED) is 0.404. The summed E-state index contributed by atoms with van der Waals surface area (Å²) in [6.45, 7) is 4.01. The second-order valence-corrected chi connectivity index (χ2v) is 2.74. The van der Waals surface area contributed by atoms with Gasteiger partial charge >= 0.3 is 0 Å². The van der Waals surface area contributed by atoms with E-state index in [1.54, 1.807) is 0 Å². The average molecular weight is 307 g/mol. The molecule has 0 saturated carbocycles. The van der Waals surface area contributed by atoms with Crippen LogP contribution in [0.15, 0.2) is 0 Å². The van der Waals surface area contributed by atoms with E-state index in [2.05, 4.69) is 0 Å². The summed E-state index contributed by atoms with van der Waals surface area (Å²) in [7, 11) is 0. The third-order valence-electron chi connectivity index (χ3n) is 1.20.